The van der Waals surface area contributed by atoms with Gasteiger partial charge in [0.2, 0.25) is 5.91 Å². The van der Waals surface area contributed by atoms with Gasteiger partial charge in [-0.3, -0.25) is 10.1 Å². The molecule has 0 saturated heterocycles. The fraction of sp³-hybridized carbons (Fsp3) is 0.714. The number of hydrogen-bond donors (Lipinski definition) is 3. The van der Waals surface area contributed by atoms with Gasteiger partial charge in [-0.1, -0.05) is 0 Å². The van der Waals surface area contributed by atoms with Crippen LogP contribution in [0.5, 0.6) is 0 Å². The van der Waals surface area contributed by atoms with Crippen molar-refractivity contribution in [1.29, 1.82) is 0 Å². The average molecular weight is 171 g/mol. The Morgan fingerprint density at radius 1 is 1.42 bits per heavy atom. The monoisotopic (exact) mass is 171 g/mol. The Hall–Kier alpha value is -1.10. The number of hydrogen-bond acceptors (Lipinski definition) is 3. The van der Waals surface area contributed by atoms with E-state index in [-0.39, 0.29) is 5.91 Å². The minimum absolute atomic E-state index is 0.305. The first-order chi connectivity index (χ1) is 5.68. The smallest absolute Gasteiger partial charge is 0.318 e. The summed E-state index contributed by atoms with van der Waals surface area (Å²) in [4.78, 5) is 21.0. The van der Waals surface area contributed by atoms with Crippen molar-refractivity contribution >= 4 is 11.9 Å². The van der Waals surface area contributed by atoms with Crippen LogP contribution in [0.4, 0.5) is 4.79 Å². The number of primary amides is 1. The topological polar surface area (TPSA) is 84.2 Å². The fourth-order valence-electron chi connectivity index (χ4n) is 0.877. The maximum atomic E-state index is 10.8. The lowest BCUT2D eigenvalue weighted by molar-refractivity contribution is -0.119. The normalized spacial score (nSPS) is 15.7. The third kappa shape index (κ3) is 3.92. The van der Waals surface area contributed by atoms with Crippen molar-refractivity contribution in [2.75, 3.05) is 6.54 Å². The second kappa shape index (κ2) is 4.06. The molecule has 0 heterocycles. The Kier molecular flexibility index (Phi) is 3.04. The number of amides is 3. The molecule has 4 N–H and O–H groups in total. The van der Waals surface area contributed by atoms with Crippen LogP contribution in [0.1, 0.15) is 19.3 Å². The molecule has 68 valence electrons. The Balaban J connectivity index is 1.97. The van der Waals surface area contributed by atoms with Gasteiger partial charge in [0.1, 0.15) is 0 Å². The van der Waals surface area contributed by atoms with Gasteiger partial charge >= 0.3 is 6.03 Å². The molecule has 1 aliphatic rings. The molecule has 0 aromatic rings. The van der Waals surface area contributed by atoms with Gasteiger partial charge in [0, 0.05) is 19.0 Å². The van der Waals surface area contributed by atoms with E-state index in [4.69, 9.17) is 5.73 Å². The quantitative estimate of drug-likeness (QED) is 0.524. The van der Waals surface area contributed by atoms with Crippen molar-refractivity contribution in [3.8, 4) is 0 Å². The molecular weight excluding hydrogens is 158 g/mol. The number of nitrogens with one attached hydrogen (secondary N) is 2. The summed E-state index contributed by atoms with van der Waals surface area (Å²) in [5.74, 6) is -0.323. The Morgan fingerprint density at radius 3 is 2.58 bits per heavy atom. The molecule has 5 nitrogen and oxygen atoms in total. The molecule has 0 unspecified atom stereocenters. The van der Waals surface area contributed by atoms with Gasteiger partial charge in [-0.05, 0) is 12.8 Å². The molecule has 3 amide bonds. The van der Waals surface area contributed by atoms with Crippen LogP contribution >= 0.6 is 0 Å². The molecule has 0 spiro atoms. The summed E-state index contributed by atoms with van der Waals surface area (Å²) in [7, 11) is 0. The zero-order valence-corrected chi connectivity index (χ0v) is 6.80. The summed E-state index contributed by atoms with van der Waals surface area (Å²) in [6.07, 6.45) is 2.69. The zero-order valence-electron chi connectivity index (χ0n) is 6.80. The van der Waals surface area contributed by atoms with Crippen molar-refractivity contribution in [2.24, 2.45) is 5.73 Å². The molecule has 0 radical (unpaired) electrons. The number of carbonyl (C=O) groups is 2. The highest BCUT2D eigenvalue weighted by Crippen LogP contribution is 2.18. The highest BCUT2D eigenvalue weighted by Gasteiger charge is 2.20. The SMILES string of the molecule is NC(=O)NC(=O)CCNC1CC1. The van der Waals surface area contributed by atoms with Crippen LogP contribution in [0, 0.1) is 0 Å². The number of rotatable bonds is 4. The van der Waals surface area contributed by atoms with Gasteiger partial charge in [-0.15, -0.1) is 0 Å². The Bertz CT molecular complexity index is 189. The standard InChI is InChI=1S/C7H13N3O2/c8-7(12)10-6(11)3-4-9-5-1-2-5/h5,9H,1-4H2,(H3,8,10,11,12). The van der Waals surface area contributed by atoms with Crippen molar-refractivity contribution in [3.05, 3.63) is 0 Å². The van der Waals surface area contributed by atoms with E-state index in [0.29, 0.717) is 19.0 Å². The molecule has 1 rings (SSSR count). The van der Waals surface area contributed by atoms with Gasteiger partial charge in [0.15, 0.2) is 0 Å². The molecular formula is C7H13N3O2. The maximum Gasteiger partial charge on any atom is 0.318 e. The number of urea groups is 1. The van der Waals surface area contributed by atoms with Gasteiger partial charge in [-0.2, -0.15) is 0 Å². The van der Waals surface area contributed by atoms with Crippen LogP contribution < -0.4 is 16.4 Å². The maximum absolute atomic E-state index is 10.8. The largest absolute Gasteiger partial charge is 0.351 e. The Labute approximate surface area is 70.7 Å². The highest BCUT2D eigenvalue weighted by molar-refractivity contribution is 5.93. The molecule has 1 saturated carbocycles. The molecule has 0 aromatic heterocycles. The summed E-state index contributed by atoms with van der Waals surface area (Å²) in [5.41, 5.74) is 4.75. The van der Waals surface area contributed by atoms with Gasteiger partial charge in [0.25, 0.3) is 0 Å². The van der Waals surface area contributed by atoms with E-state index in [1.165, 1.54) is 12.8 Å². The van der Waals surface area contributed by atoms with Crippen LogP contribution in [-0.4, -0.2) is 24.5 Å². The molecule has 0 aromatic carbocycles. The van der Waals surface area contributed by atoms with Crippen LogP contribution in [0.3, 0.4) is 0 Å². The van der Waals surface area contributed by atoms with Crippen LogP contribution in [0.15, 0.2) is 0 Å². The van der Waals surface area contributed by atoms with Crippen LogP contribution in [0.2, 0.25) is 0 Å². The van der Waals surface area contributed by atoms with Gasteiger partial charge in [0.05, 0.1) is 0 Å². The van der Waals surface area contributed by atoms with E-state index in [2.05, 4.69) is 5.32 Å². The van der Waals surface area contributed by atoms with E-state index in [1.54, 1.807) is 0 Å². The lowest BCUT2D eigenvalue weighted by Crippen LogP contribution is -2.36. The molecule has 0 atom stereocenters. The third-order valence-corrected chi connectivity index (χ3v) is 1.63. The molecule has 1 fully saturated rings. The van der Waals surface area contributed by atoms with Crippen molar-refractivity contribution in [2.45, 2.75) is 25.3 Å². The van der Waals surface area contributed by atoms with Crippen molar-refractivity contribution in [3.63, 3.8) is 0 Å². The number of imide groups is 1. The zero-order chi connectivity index (χ0) is 8.97. The predicted molar refractivity (Wildman–Crippen MR) is 43.4 cm³/mol. The lowest BCUT2D eigenvalue weighted by atomic mass is 10.4. The van der Waals surface area contributed by atoms with Crippen molar-refractivity contribution in [1.82, 2.24) is 10.6 Å². The third-order valence-electron chi connectivity index (χ3n) is 1.63. The summed E-state index contributed by atoms with van der Waals surface area (Å²) in [5, 5.41) is 5.14. The summed E-state index contributed by atoms with van der Waals surface area (Å²) in [6, 6.07) is -0.196. The number of carbonyl (C=O) groups excluding carboxylic acids is 2. The number of nitrogens with two attached hydrogens (primary N) is 1. The van der Waals surface area contributed by atoms with E-state index in [0.717, 1.165) is 0 Å². The second-order valence-electron chi connectivity index (χ2n) is 2.89. The molecule has 0 bridgehead atoms. The van der Waals surface area contributed by atoms with Crippen LogP contribution in [0.25, 0.3) is 0 Å². The van der Waals surface area contributed by atoms with E-state index < -0.39 is 6.03 Å². The van der Waals surface area contributed by atoms with Crippen LogP contribution in [-0.2, 0) is 4.79 Å². The molecule has 5 heteroatoms. The van der Waals surface area contributed by atoms with E-state index in [9.17, 15) is 9.59 Å². The predicted octanol–water partition coefficient (Wildman–Crippen LogP) is -0.677. The highest BCUT2D eigenvalue weighted by atomic mass is 16.2. The average Bonchev–Trinajstić information content (AvgIpc) is 2.69. The van der Waals surface area contributed by atoms with E-state index >= 15 is 0 Å². The fourth-order valence-corrected chi connectivity index (χ4v) is 0.877. The Morgan fingerprint density at radius 2 is 2.08 bits per heavy atom. The molecule has 12 heavy (non-hydrogen) atoms. The van der Waals surface area contributed by atoms with Crippen molar-refractivity contribution < 1.29 is 9.59 Å². The van der Waals surface area contributed by atoms with Gasteiger partial charge in [-0.25, -0.2) is 4.79 Å². The first-order valence-corrected chi connectivity index (χ1v) is 4.01. The summed E-state index contributed by atoms with van der Waals surface area (Å²) >= 11 is 0. The summed E-state index contributed by atoms with van der Waals surface area (Å²) in [6.45, 7) is 0.615. The minimum Gasteiger partial charge on any atom is -0.351 e. The molecule has 1 aliphatic carbocycles. The lowest BCUT2D eigenvalue weighted by Gasteiger charge is -2.01. The van der Waals surface area contributed by atoms with E-state index in [1.807, 2.05) is 5.32 Å². The van der Waals surface area contributed by atoms with Gasteiger partial charge < -0.3 is 11.1 Å². The first-order valence-electron chi connectivity index (χ1n) is 4.01. The second-order valence-corrected chi connectivity index (χ2v) is 2.89. The first kappa shape index (κ1) is 8.99. The summed E-state index contributed by atoms with van der Waals surface area (Å²) < 4.78 is 0. The molecule has 0 aliphatic heterocycles. The minimum atomic E-state index is -0.786.